The zero-order valence-electron chi connectivity index (χ0n) is 14.5. The third kappa shape index (κ3) is 3.61. The molecule has 0 aromatic rings. The molecule has 8 heteroatoms. The average Bonchev–Trinajstić information content (AvgIpc) is 2.61. The highest BCUT2D eigenvalue weighted by Gasteiger charge is 2.43. The average molecular weight is 359 g/mol. The number of nitrogens with zero attached hydrogens (tertiary/aromatic N) is 3. The summed E-state index contributed by atoms with van der Waals surface area (Å²) in [6.07, 6.45) is 4.20. The number of fused-ring (bicyclic) bond motifs is 1. The minimum absolute atomic E-state index is 0.217. The van der Waals surface area contributed by atoms with Crippen molar-refractivity contribution in [3.05, 3.63) is 0 Å². The number of amides is 1. The summed E-state index contributed by atoms with van der Waals surface area (Å²) >= 11 is 0. The van der Waals surface area contributed by atoms with Gasteiger partial charge in [-0.05, 0) is 25.2 Å². The molecule has 3 saturated heterocycles. The number of piperidine rings is 2. The van der Waals surface area contributed by atoms with Crippen molar-refractivity contribution in [3.63, 3.8) is 0 Å². The molecule has 7 nitrogen and oxygen atoms in total. The van der Waals surface area contributed by atoms with Gasteiger partial charge in [0.25, 0.3) is 10.2 Å². The molecule has 3 fully saturated rings. The van der Waals surface area contributed by atoms with E-state index in [1.54, 1.807) is 8.61 Å². The van der Waals surface area contributed by atoms with E-state index in [2.05, 4.69) is 6.92 Å². The SMILES string of the molecule is CCCCN1C(=O)CC[C@H]2CN(S(=O)(=O)N3CCOCC3)CC[C@H]21. The summed E-state index contributed by atoms with van der Waals surface area (Å²) in [7, 11) is -3.40. The molecule has 1 amide bonds. The van der Waals surface area contributed by atoms with Crippen LogP contribution in [0.2, 0.25) is 0 Å². The molecule has 2 atom stereocenters. The van der Waals surface area contributed by atoms with E-state index in [4.69, 9.17) is 4.74 Å². The fraction of sp³-hybridized carbons (Fsp3) is 0.938. The van der Waals surface area contributed by atoms with E-state index in [1.165, 1.54) is 0 Å². The quantitative estimate of drug-likeness (QED) is 0.724. The van der Waals surface area contributed by atoms with Gasteiger partial charge in [0.2, 0.25) is 5.91 Å². The van der Waals surface area contributed by atoms with Crippen molar-refractivity contribution in [1.29, 1.82) is 0 Å². The molecular weight excluding hydrogens is 330 g/mol. The van der Waals surface area contributed by atoms with Gasteiger partial charge in [-0.1, -0.05) is 13.3 Å². The van der Waals surface area contributed by atoms with E-state index in [1.807, 2.05) is 4.90 Å². The zero-order valence-corrected chi connectivity index (χ0v) is 15.3. The van der Waals surface area contributed by atoms with Crippen molar-refractivity contribution in [2.45, 2.75) is 45.1 Å². The summed E-state index contributed by atoms with van der Waals surface area (Å²) in [5.74, 6) is 0.512. The maximum absolute atomic E-state index is 12.8. The molecular formula is C16H29N3O4S. The minimum Gasteiger partial charge on any atom is -0.379 e. The Morgan fingerprint density at radius 2 is 1.88 bits per heavy atom. The number of ether oxygens (including phenoxy) is 1. The first-order valence-electron chi connectivity index (χ1n) is 9.16. The first kappa shape index (κ1) is 18.1. The first-order valence-corrected chi connectivity index (χ1v) is 10.6. The monoisotopic (exact) mass is 359 g/mol. The molecule has 3 aliphatic heterocycles. The van der Waals surface area contributed by atoms with Crippen LogP contribution in [-0.4, -0.2) is 79.8 Å². The van der Waals surface area contributed by atoms with Gasteiger partial charge in [0.1, 0.15) is 0 Å². The van der Waals surface area contributed by atoms with Crippen molar-refractivity contribution in [1.82, 2.24) is 13.5 Å². The Balaban J connectivity index is 1.67. The fourth-order valence-electron chi connectivity index (χ4n) is 4.09. The van der Waals surface area contributed by atoms with Crippen LogP contribution in [0.4, 0.5) is 0 Å². The van der Waals surface area contributed by atoms with Gasteiger partial charge in [0.15, 0.2) is 0 Å². The predicted molar refractivity (Wildman–Crippen MR) is 90.6 cm³/mol. The third-order valence-corrected chi connectivity index (χ3v) is 7.48. The maximum atomic E-state index is 12.8. The number of carbonyl (C=O) groups is 1. The minimum atomic E-state index is -3.40. The Morgan fingerprint density at radius 1 is 1.12 bits per heavy atom. The van der Waals surface area contributed by atoms with Crippen LogP contribution in [0.15, 0.2) is 0 Å². The molecule has 0 saturated carbocycles. The molecule has 3 aliphatic rings. The Hall–Kier alpha value is -0.700. The van der Waals surface area contributed by atoms with Crippen molar-refractivity contribution in [2.24, 2.45) is 5.92 Å². The van der Waals surface area contributed by atoms with Gasteiger partial charge in [-0.3, -0.25) is 4.79 Å². The van der Waals surface area contributed by atoms with E-state index in [0.29, 0.717) is 45.8 Å². The van der Waals surface area contributed by atoms with Crippen LogP contribution in [0, 0.1) is 5.92 Å². The molecule has 138 valence electrons. The third-order valence-electron chi connectivity index (χ3n) is 5.48. The second kappa shape index (κ2) is 7.68. The highest BCUT2D eigenvalue weighted by molar-refractivity contribution is 7.86. The topological polar surface area (TPSA) is 70.2 Å². The zero-order chi connectivity index (χ0) is 17.2. The molecule has 0 bridgehead atoms. The number of carbonyl (C=O) groups excluding carboxylic acids is 1. The lowest BCUT2D eigenvalue weighted by Crippen LogP contribution is -2.59. The largest absolute Gasteiger partial charge is 0.379 e. The molecule has 0 aromatic heterocycles. The van der Waals surface area contributed by atoms with Crippen LogP contribution in [0.3, 0.4) is 0 Å². The highest BCUT2D eigenvalue weighted by Crippen LogP contribution is 2.33. The lowest BCUT2D eigenvalue weighted by Gasteiger charge is -2.47. The van der Waals surface area contributed by atoms with Crippen LogP contribution >= 0.6 is 0 Å². The van der Waals surface area contributed by atoms with Gasteiger partial charge in [-0.2, -0.15) is 17.0 Å². The molecule has 0 radical (unpaired) electrons. The van der Waals surface area contributed by atoms with E-state index in [9.17, 15) is 13.2 Å². The van der Waals surface area contributed by atoms with Crippen molar-refractivity contribution >= 4 is 16.1 Å². The van der Waals surface area contributed by atoms with Crippen LogP contribution in [0.25, 0.3) is 0 Å². The fourth-order valence-corrected chi connectivity index (χ4v) is 5.74. The van der Waals surface area contributed by atoms with Crippen LogP contribution in [-0.2, 0) is 19.7 Å². The van der Waals surface area contributed by atoms with Crippen molar-refractivity contribution in [2.75, 3.05) is 45.9 Å². The van der Waals surface area contributed by atoms with E-state index >= 15 is 0 Å². The summed E-state index contributed by atoms with van der Waals surface area (Å²) in [5, 5.41) is 0. The number of rotatable bonds is 5. The maximum Gasteiger partial charge on any atom is 0.282 e. The summed E-state index contributed by atoms with van der Waals surface area (Å²) in [4.78, 5) is 14.3. The normalized spacial score (nSPS) is 30.4. The number of hydrogen-bond acceptors (Lipinski definition) is 4. The van der Waals surface area contributed by atoms with E-state index in [0.717, 1.165) is 32.2 Å². The Kier molecular flexibility index (Phi) is 5.79. The Labute approximate surface area is 145 Å². The van der Waals surface area contributed by atoms with Gasteiger partial charge >= 0.3 is 0 Å². The standard InChI is InChI=1S/C16H29N3O4S/c1-2-3-7-19-15-6-8-18(13-14(15)4-5-16(19)20)24(21,22)17-9-11-23-12-10-17/h14-15H,2-13H2,1H3/t14-,15+/m0/s1. The van der Waals surface area contributed by atoms with Crippen molar-refractivity contribution in [3.8, 4) is 0 Å². The smallest absolute Gasteiger partial charge is 0.282 e. The molecule has 24 heavy (non-hydrogen) atoms. The van der Waals surface area contributed by atoms with Gasteiger partial charge < -0.3 is 9.64 Å². The number of likely N-dealkylation sites (tertiary alicyclic amines) is 1. The van der Waals surface area contributed by atoms with Gasteiger partial charge in [0.05, 0.1) is 13.2 Å². The summed E-state index contributed by atoms with van der Waals surface area (Å²) in [5.41, 5.74) is 0. The van der Waals surface area contributed by atoms with Crippen LogP contribution in [0.5, 0.6) is 0 Å². The summed E-state index contributed by atoms with van der Waals surface area (Å²) < 4.78 is 34.1. The number of morpholine rings is 1. The second-order valence-corrected chi connectivity index (χ2v) is 8.90. The lowest BCUT2D eigenvalue weighted by atomic mass is 9.84. The Bertz CT molecular complexity index is 548. The molecule has 0 unspecified atom stereocenters. The number of unbranched alkanes of at least 4 members (excludes halogenated alkanes) is 1. The molecule has 0 spiro atoms. The molecule has 3 heterocycles. The second-order valence-electron chi connectivity index (χ2n) is 6.97. The van der Waals surface area contributed by atoms with E-state index in [-0.39, 0.29) is 17.9 Å². The van der Waals surface area contributed by atoms with Crippen LogP contribution < -0.4 is 0 Å². The summed E-state index contributed by atoms with van der Waals surface area (Å²) in [6, 6.07) is 0.217. The molecule has 0 N–H and O–H groups in total. The Morgan fingerprint density at radius 3 is 2.58 bits per heavy atom. The highest BCUT2D eigenvalue weighted by atomic mass is 32.2. The van der Waals surface area contributed by atoms with E-state index < -0.39 is 10.2 Å². The van der Waals surface area contributed by atoms with Crippen molar-refractivity contribution < 1.29 is 17.9 Å². The lowest BCUT2D eigenvalue weighted by molar-refractivity contribution is -0.140. The molecule has 0 aliphatic carbocycles. The first-order chi connectivity index (χ1) is 11.5. The molecule has 0 aromatic carbocycles. The summed E-state index contributed by atoms with van der Waals surface area (Å²) in [6.45, 7) is 5.81. The predicted octanol–water partition coefficient (Wildman–Crippen LogP) is 0.676. The number of hydrogen-bond donors (Lipinski definition) is 0. The van der Waals surface area contributed by atoms with Gasteiger partial charge in [-0.25, -0.2) is 0 Å². The molecule has 3 rings (SSSR count). The van der Waals surface area contributed by atoms with Gasteiger partial charge in [-0.15, -0.1) is 0 Å². The van der Waals surface area contributed by atoms with Gasteiger partial charge in [0, 0.05) is 45.2 Å². The van der Waals surface area contributed by atoms with Crippen LogP contribution in [0.1, 0.15) is 39.0 Å².